The lowest BCUT2D eigenvalue weighted by Gasteiger charge is -2.23. The lowest BCUT2D eigenvalue weighted by Crippen LogP contribution is -2.41. The van der Waals surface area contributed by atoms with E-state index in [1.54, 1.807) is 6.92 Å². The second-order valence-corrected chi connectivity index (χ2v) is 5.99. The molecule has 0 fully saturated rings. The Balaban J connectivity index is 2.44. The van der Waals surface area contributed by atoms with Crippen molar-refractivity contribution in [3.05, 3.63) is 33.9 Å². The van der Waals surface area contributed by atoms with Crippen molar-refractivity contribution in [1.82, 2.24) is 4.90 Å². The normalized spacial score (nSPS) is 12.4. The number of amides is 1. The molecule has 7 heteroatoms. The third kappa shape index (κ3) is 2.87. The Morgan fingerprint density at radius 1 is 1.48 bits per heavy atom. The molecule has 21 heavy (non-hydrogen) atoms. The molecular weight excluding hydrogens is 317 g/mol. The van der Waals surface area contributed by atoms with Gasteiger partial charge >= 0.3 is 5.97 Å². The van der Waals surface area contributed by atoms with E-state index < -0.39 is 23.7 Å². The van der Waals surface area contributed by atoms with Crippen molar-refractivity contribution in [3.63, 3.8) is 0 Å². The van der Waals surface area contributed by atoms with E-state index in [0.717, 1.165) is 16.2 Å². The summed E-state index contributed by atoms with van der Waals surface area (Å²) in [5.74, 6) is -1.96. The molecule has 0 aliphatic rings. The van der Waals surface area contributed by atoms with Gasteiger partial charge in [0.1, 0.15) is 16.7 Å². The largest absolute Gasteiger partial charge is 0.480 e. The average molecular weight is 330 g/mol. The van der Waals surface area contributed by atoms with Crippen molar-refractivity contribution in [3.8, 4) is 0 Å². The van der Waals surface area contributed by atoms with Crippen LogP contribution in [-0.4, -0.2) is 35.0 Å². The van der Waals surface area contributed by atoms with Crippen molar-refractivity contribution in [2.24, 2.45) is 0 Å². The van der Waals surface area contributed by atoms with Gasteiger partial charge in [0.15, 0.2) is 0 Å². The number of fused-ring (bicyclic) bond motifs is 1. The van der Waals surface area contributed by atoms with E-state index in [0.29, 0.717) is 10.1 Å². The maximum absolute atomic E-state index is 13.2. The Hall–Kier alpha value is -1.66. The number of nitrogens with zero attached hydrogens (tertiary/aromatic N) is 1. The topological polar surface area (TPSA) is 57.6 Å². The standard InChI is InChI=1S/C14H13ClFNO3S/c1-3-9(14(19)20)17(2)13(18)12-11(15)8-5-4-7(16)6-10(8)21-12/h4-6,9H,3H2,1-2H3,(H,19,20). The third-order valence-corrected chi connectivity index (χ3v) is 4.89. The number of benzene rings is 1. The number of hydrogen-bond acceptors (Lipinski definition) is 3. The van der Waals surface area contributed by atoms with Gasteiger partial charge in [0.25, 0.3) is 5.91 Å². The molecule has 0 spiro atoms. The molecule has 1 N–H and O–H groups in total. The van der Waals surface area contributed by atoms with Crippen molar-refractivity contribution in [2.75, 3.05) is 7.05 Å². The fourth-order valence-corrected chi connectivity index (χ4v) is 3.61. The molecule has 2 aromatic rings. The molecule has 1 aromatic heterocycles. The summed E-state index contributed by atoms with van der Waals surface area (Å²) >= 11 is 7.23. The van der Waals surface area contributed by atoms with Gasteiger partial charge in [-0.05, 0) is 24.6 Å². The fraction of sp³-hybridized carbons (Fsp3) is 0.286. The molecular formula is C14H13ClFNO3S. The van der Waals surface area contributed by atoms with Crippen LogP contribution in [0.5, 0.6) is 0 Å². The number of carbonyl (C=O) groups is 2. The van der Waals surface area contributed by atoms with Crippen molar-refractivity contribution >= 4 is 44.9 Å². The highest BCUT2D eigenvalue weighted by atomic mass is 35.5. The second-order valence-electron chi connectivity index (χ2n) is 4.56. The minimum Gasteiger partial charge on any atom is -0.480 e. The summed E-state index contributed by atoms with van der Waals surface area (Å²) in [5.41, 5.74) is 0. The zero-order chi connectivity index (χ0) is 15.7. The first-order chi connectivity index (χ1) is 9.86. The minimum absolute atomic E-state index is 0.222. The van der Waals surface area contributed by atoms with E-state index in [-0.39, 0.29) is 16.3 Å². The number of carboxylic acid groups (broad SMARTS) is 1. The monoisotopic (exact) mass is 329 g/mol. The van der Waals surface area contributed by atoms with E-state index in [4.69, 9.17) is 16.7 Å². The second kappa shape index (κ2) is 5.99. The molecule has 4 nitrogen and oxygen atoms in total. The Kier molecular flexibility index (Phi) is 4.49. The van der Waals surface area contributed by atoms with E-state index >= 15 is 0 Å². The van der Waals surface area contributed by atoms with Gasteiger partial charge in [-0.3, -0.25) is 4.79 Å². The van der Waals surface area contributed by atoms with Gasteiger partial charge in [-0.1, -0.05) is 18.5 Å². The number of rotatable bonds is 4. The zero-order valence-corrected chi connectivity index (χ0v) is 13.0. The molecule has 1 heterocycles. The summed E-state index contributed by atoms with van der Waals surface area (Å²) in [6.45, 7) is 1.68. The molecule has 1 unspecified atom stereocenters. The molecule has 0 saturated carbocycles. The summed E-state index contributed by atoms with van der Waals surface area (Å²) in [7, 11) is 1.42. The van der Waals surface area contributed by atoms with Crippen LogP contribution >= 0.6 is 22.9 Å². The number of halogens is 2. The highest BCUT2D eigenvalue weighted by Crippen LogP contribution is 2.36. The number of carboxylic acids is 1. The first-order valence-corrected chi connectivity index (χ1v) is 7.43. The first-order valence-electron chi connectivity index (χ1n) is 6.24. The predicted octanol–water partition coefficient (Wildman–Crippen LogP) is 3.63. The first kappa shape index (κ1) is 15.7. The van der Waals surface area contributed by atoms with Crippen LogP contribution in [0, 0.1) is 5.82 Å². The maximum Gasteiger partial charge on any atom is 0.326 e. The van der Waals surface area contributed by atoms with E-state index in [1.165, 1.54) is 25.2 Å². The minimum atomic E-state index is -1.07. The molecule has 0 bridgehead atoms. The number of thiophene rings is 1. The van der Waals surface area contributed by atoms with Crippen LogP contribution < -0.4 is 0 Å². The third-order valence-electron chi connectivity index (χ3n) is 3.25. The maximum atomic E-state index is 13.2. The summed E-state index contributed by atoms with van der Waals surface area (Å²) in [4.78, 5) is 24.9. The van der Waals surface area contributed by atoms with Crippen LogP contribution in [0.15, 0.2) is 18.2 Å². The average Bonchev–Trinajstić information content (AvgIpc) is 2.74. The van der Waals surface area contributed by atoms with Crippen molar-refractivity contribution < 1.29 is 19.1 Å². The molecule has 1 aromatic carbocycles. The molecule has 2 rings (SSSR count). The van der Waals surface area contributed by atoms with Crippen LogP contribution in [0.2, 0.25) is 5.02 Å². The predicted molar refractivity (Wildman–Crippen MR) is 80.6 cm³/mol. The Bertz CT molecular complexity index is 716. The van der Waals surface area contributed by atoms with Crippen LogP contribution in [0.3, 0.4) is 0 Å². The van der Waals surface area contributed by atoms with Crippen LogP contribution in [-0.2, 0) is 4.79 Å². The summed E-state index contributed by atoms with van der Waals surface area (Å²) < 4.78 is 13.8. The Labute approximate surface area is 129 Å². The van der Waals surface area contributed by atoms with Gasteiger partial charge in [0.05, 0.1) is 5.02 Å². The Morgan fingerprint density at radius 3 is 2.71 bits per heavy atom. The van der Waals surface area contributed by atoms with Gasteiger partial charge < -0.3 is 10.0 Å². The molecule has 1 amide bonds. The van der Waals surface area contributed by atoms with Crippen LogP contribution in [0.1, 0.15) is 23.0 Å². The SMILES string of the molecule is CCC(C(=O)O)N(C)C(=O)c1sc2cc(F)ccc2c1Cl. The quantitative estimate of drug-likeness (QED) is 0.931. The summed E-state index contributed by atoms with van der Waals surface area (Å²) in [6, 6.07) is 3.16. The van der Waals surface area contributed by atoms with E-state index in [1.807, 2.05) is 0 Å². The van der Waals surface area contributed by atoms with Gasteiger partial charge in [-0.2, -0.15) is 0 Å². The molecule has 0 aliphatic carbocycles. The highest BCUT2D eigenvalue weighted by Gasteiger charge is 2.28. The lowest BCUT2D eigenvalue weighted by molar-refractivity contribution is -0.142. The smallest absolute Gasteiger partial charge is 0.326 e. The van der Waals surface area contributed by atoms with Crippen molar-refractivity contribution in [1.29, 1.82) is 0 Å². The molecule has 112 valence electrons. The van der Waals surface area contributed by atoms with E-state index in [9.17, 15) is 14.0 Å². The highest BCUT2D eigenvalue weighted by molar-refractivity contribution is 7.21. The fourth-order valence-electron chi connectivity index (χ4n) is 2.09. The molecule has 0 radical (unpaired) electrons. The Morgan fingerprint density at radius 2 is 2.14 bits per heavy atom. The zero-order valence-electron chi connectivity index (χ0n) is 11.4. The van der Waals surface area contributed by atoms with Gasteiger partial charge in [0.2, 0.25) is 0 Å². The summed E-state index contributed by atoms with van der Waals surface area (Å²) in [6.07, 6.45) is 0.286. The van der Waals surface area contributed by atoms with Gasteiger partial charge in [0, 0.05) is 17.1 Å². The van der Waals surface area contributed by atoms with E-state index in [2.05, 4.69) is 0 Å². The number of hydrogen-bond donors (Lipinski definition) is 1. The van der Waals surface area contributed by atoms with Crippen molar-refractivity contribution in [2.45, 2.75) is 19.4 Å². The van der Waals surface area contributed by atoms with Crippen LogP contribution in [0.4, 0.5) is 4.39 Å². The number of aliphatic carboxylic acids is 1. The molecule has 0 saturated heterocycles. The van der Waals surface area contributed by atoms with Gasteiger partial charge in [-0.15, -0.1) is 11.3 Å². The van der Waals surface area contributed by atoms with Gasteiger partial charge in [-0.25, -0.2) is 9.18 Å². The lowest BCUT2D eigenvalue weighted by atomic mass is 10.2. The number of carbonyl (C=O) groups excluding carboxylic acids is 1. The molecule has 0 aliphatic heterocycles. The number of likely N-dealkylation sites (N-methyl/N-ethyl adjacent to an activating group) is 1. The summed E-state index contributed by atoms with van der Waals surface area (Å²) in [5, 5.41) is 9.93. The molecule has 1 atom stereocenters. The van der Waals surface area contributed by atoms with Crippen LogP contribution in [0.25, 0.3) is 10.1 Å².